The van der Waals surface area contributed by atoms with Gasteiger partial charge < -0.3 is 10.1 Å². The van der Waals surface area contributed by atoms with Gasteiger partial charge in [0.25, 0.3) is 0 Å². The second kappa shape index (κ2) is 5.94. The molecule has 1 unspecified atom stereocenters. The smallest absolute Gasteiger partial charge is 0.337 e. The molecule has 108 valence electrons. The lowest BCUT2D eigenvalue weighted by Gasteiger charge is -2.28. The fraction of sp³-hybridized carbons (Fsp3) is 0.562. The largest absolute Gasteiger partial charge is 0.465 e. The average Bonchev–Trinajstić information content (AvgIpc) is 3.18. The van der Waals surface area contributed by atoms with Crippen molar-refractivity contribution in [3.8, 4) is 0 Å². The third-order valence-electron chi connectivity index (χ3n) is 4.23. The first-order chi connectivity index (χ1) is 9.78. The number of methoxy groups -OCH3 is 1. The molecule has 0 amide bonds. The molecule has 1 aromatic carbocycles. The zero-order valence-corrected chi connectivity index (χ0v) is 12.0. The van der Waals surface area contributed by atoms with Crippen LogP contribution in [-0.2, 0) is 11.3 Å². The van der Waals surface area contributed by atoms with Crippen molar-refractivity contribution in [3.05, 3.63) is 35.4 Å². The van der Waals surface area contributed by atoms with Crippen LogP contribution >= 0.6 is 0 Å². The highest BCUT2D eigenvalue weighted by Gasteiger charge is 2.35. The molecular formula is C16H22N2O2. The maximum Gasteiger partial charge on any atom is 0.337 e. The lowest BCUT2D eigenvalue weighted by atomic mass is 10.1. The lowest BCUT2D eigenvalue weighted by Crippen LogP contribution is -2.38. The molecule has 0 aromatic heterocycles. The monoisotopic (exact) mass is 274 g/mol. The van der Waals surface area contributed by atoms with Crippen LogP contribution in [0.3, 0.4) is 0 Å². The number of hydrogen-bond donors (Lipinski definition) is 1. The minimum atomic E-state index is -0.257. The molecule has 1 heterocycles. The molecule has 20 heavy (non-hydrogen) atoms. The number of benzene rings is 1. The second-order valence-corrected chi connectivity index (χ2v) is 5.74. The fourth-order valence-corrected chi connectivity index (χ4v) is 3.01. The average molecular weight is 274 g/mol. The molecular weight excluding hydrogens is 252 g/mol. The zero-order chi connectivity index (χ0) is 13.9. The Morgan fingerprint density at radius 1 is 1.35 bits per heavy atom. The molecule has 4 nitrogen and oxygen atoms in total. The Labute approximate surface area is 120 Å². The van der Waals surface area contributed by atoms with Gasteiger partial charge in [0.05, 0.1) is 12.7 Å². The summed E-state index contributed by atoms with van der Waals surface area (Å²) in [6.07, 6.45) is 3.85. The van der Waals surface area contributed by atoms with Crippen molar-refractivity contribution in [3.63, 3.8) is 0 Å². The van der Waals surface area contributed by atoms with E-state index in [0.717, 1.165) is 25.7 Å². The molecule has 1 atom stereocenters. The first-order valence-corrected chi connectivity index (χ1v) is 7.41. The van der Waals surface area contributed by atoms with Gasteiger partial charge in [-0.1, -0.05) is 12.1 Å². The molecule has 0 radical (unpaired) electrons. The molecule has 1 saturated carbocycles. The molecule has 1 aliphatic carbocycles. The number of ether oxygens (including phenoxy) is 1. The second-order valence-electron chi connectivity index (χ2n) is 5.74. The topological polar surface area (TPSA) is 41.6 Å². The molecule has 4 heteroatoms. The van der Waals surface area contributed by atoms with Crippen LogP contribution in [0.2, 0.25) is 0 Å². The highest BCUT2D eigenvalue weighted by molar-refractivity contribution is 5.89. The number of hydrogen-bond acceptors (Lipinski definition) is 4. The quantitative estimate of drug-likeness (QED) is 0.831. The van der Waals surface area contributed by atoms with E-state index >= 15 is 0 Å². The van der Waals surface area contributed by atoms with Crippen LogP contribution < -0.4 is 5.32 Å². The maximum atomic E-state index is 11.6. The van der Waals surface area contributed by atoms with E-state index in [4.69, 9.17) is 4.74 Å². The van der Waals surface area contributed by atoms with E-state index in [0.29, 0.717) is 11.6 Å². The summed E-state index contributed by atoms with van der Waals surface area (Å²) >= 11 is 0. The van der Waals surface area contributed by atoms with E-state index in [2.05, 4.69) is 16.3 Å². The number of carbonyl (C=O) groups excluding carboxylic acids is 1. The third-order valence-corrected chi connectivity index (χ3v) is 4.23. The van der Waals surface area contributed by atoms with Crippen LogP contribution in [0.25, 0.3) is 0 Å². The van der Waals surface area contributed by atoms with Gasteiger partial charge in [-0.2, -0.15) is 0 Å². The van der Waals surface area contributed by atoms with Crippen molar-refractivity contribution in [2.75, 3.05) is 20.2 Å². The van der Waals surface area contributed by atoms with E-state index < -0.39 is 0 Å². The van der Waals surface area contributed by atoms with Gasteiger partial charge >= 0.3 is 5.97 Å². The van der Waals surface area contributed by atoms with Crippen molar-refractivity contribution in [2.45, 2.75) is 37.9 Å². The van der Waals surface area contributed by atoms with Crippen molar-refractivity contribution in [1.82, 2.24) is 10.2 Å². The van der Waals surface area contributed by atoms with Crippen LogP contribution in [-0.4, -0.2) is 43.2 Å². The van der Waals surface area contributed by atoms with Gasteiger partial charge in [0.1, 0.15) is 0 Å². The van der Waals surface area contributed by atoms with Gasteiger partial charge in [0.2, 0.25) is 0 Å². The summed E-state index contributed by atoms with van der Waals surface area (Å²) in [5.41, 5.74) is 1.84. The molecule has 3 rings (SSSR count). The summed E-state index contributed by atoms with van der Waals surface area (Å²) in [5, 5.41) is 3.44. The molecule has 2 fully saturated rings. The van der Waals surface area contributed by atoms with Crippen molar-refractivity contribution >= 4 is 5.97 Å². The first kappa shape index (κ1) is 13.6. The molecule has 0 bridgehead atoms. The van der Waals surface area contributed by atoms with E-state index in [1.54, 1.807) is 0 Å². The SMILES string of the molecule is COC(=O)c1cccc(CN(C2CC2)C2CCNC2)c1. The van der Waals surface area contributed by atoms with Crippen molar-refractivity contribution in [2.24, 2.45) is 0 Å². The molecule has 0 spiro atoms. The predicted octanol–water partition coefficient (Wildman–Crippen LogP) is 1.80. The molecule has 1 saturated heterocycles. The summed E-state index contributed by atoms with van der Waals surface area (Å²) in [6.45, 7) is 3.14. The minimum Gasteiger partial charge on any atom is -0.465 e. The van der Waals surface area contributed by atoms with Gasteiger partial charge in [-0.05, 0) is 43.5 Å². The third kappa shape index (κ3) is 3.02. The summed E-state index contributed by atoms with van der Waals surface area (Å²) in [6, 6.07) is 9.20. The van der Waals surface area contributed by atoms with Crippen LogP contribution in [0, 0.1) is 0 Å². The van der Waals surface area contributed by atoms with E-state index in [-0.39, 0.29) is 5.97 Å². The Kier molecular flexibility index (Phi) is 4.03. The van der Waals surface area contributed by atoms with Crippen LogP contribution in [0.4, 0.5) is 0 Å². The number of nitrogens with one attached hydrogen (secondary N) is 1. The highest BCUT2D eigenvalue weighted by Crippen LogP contribution is 2.31. The Balaban J connectivity index is 1.73. The Morgan fingerprint density at radius 3 is 2.85 bits per heavy atom. The highest BCUT2D eigenvalue weighted by atomic mass is 16.5. The van der Waals surface area contributed by atoms with Crippen LogP contribution in [0.15, 0.2) is 24.3 Å². The number of nitrogens with zero attached hydrogens (tertiary/aromatic N) is 1. The van der Waals surface area contributed by atoms with Gasteiger partial charge in [-0.25, -0.2) is 4.79 Å². The molecule has 1 aliphatic heterocycles. The number of esters is 1. The predicted molar refractivity (Wildman–Crippen MR) is 77.6 cm³/mol. The van der Waals surface area contributed by atoms with Crippen LogP contribution in [0.1, 0.15) is 35.2 Å². The Morgan fingerprint density at radius 2 is 2.20 bits per heavy atom. The summed E-state index contributed by atoms with van der Waals surface area (Å²) in [4.78, 5) is 14.2. The van der Waals surface area contributed by atoms with Gasteiger partial charge in [0, 0.05) is 25.2 Å². The van der Waals surface area contributed by atoms with Crippen LogP contribution in [0.5, 0.6) is 0 Å². The lowest BCUT2D eigenvalue weighted by molar-refractivity contribution is 0.0600. The zero-order valence-electron chi connectivity index (χ0n) is 12.0. The summed E-state index contributed by atoms with van der Waals surface area (Å²) in [7, 11) is 1.43. The van der Waals surface area contributed by atoms with E-state index in [9.17, 15) is 4.79 Å². The fourth-order valence-electron chi connectivity index (χ4n) is 3.01. The molecule has 2 aliphatic rings. The first-order valence-electron chi connectivity index (χ1n) is 7.41. The normalized spacial score (nSPS) is 22.2. The molecule has 1 aromatic rings. The number of carbonyl (C=O) groups is 1. The number of rotatable bonds is 5. The van der Waals surface area contributed by atoms with Gasteiger partial charge in [-0.3, -0.25) is 4.90 Å². The maximum absolute atomic E-state index is 11.6. The summed E-state index contributed by atoms with van der Waals surface area (Å²) in [5.74, 6) is -0.257. The van der Waals surface area contributed by atoms with Gasteiger partial charge in [0.15, 0.2) is 0 Å². The van der Waals surface area contributed by atoms with E-state index in [1.165, 1.54) is 31.9 Å². The Hall–Kier alpha value is -1.39. The molecule has 1 N–H and O–H groups in total. The van der Waals surface area contributed by atoms with Crippen molar-refractivity contribution in [1.29, 1.82) is 0 Å². The van der Waals surface area contributed by atoms with Crippen molar-refractivity contribution < 1.29 is 9.53 Å². The van der Waals surface area contributed by atoms with Gasteiger partial charge in [-0.15, -0.1) is 0 Å². The Bertz CT molecular complexity index is 479. The standard InChI is InChI=1S/C16H22N2O2/c1-20-16(19)13-4-2-3-12(9-13)11-18(14-5-6-14)15-7-8-17-10-15/h2-4,9,14-15,17H,5-8,10-11H2,1H3. The summed E-state index contributed by atoms with van der Waals surface area (Å²) < 4.78 is 4.79. The van der Waals surface area contributed by atoms with E-state index in [1.807, 2.05) is 18.2 Å². The minimum absolute atomic E-state index is 0.257.